The van der Waals surface area contributed by atoms with Gasteiger partial charge in [0, 0.05) is 62.6 Å². The van der Waals surface area contributed by atoms with E-state index in [0.29, 0.717) is 39.9 Å². The Kier molecular flexibility index (Phi) is 7.07. The van der Waals surface area contributed by atoms with Crippen LogP contribution in [0.15, 0.2) is 35.8 Å². The molecule has 1 aliphatic carbocycles. The Morgan fingerprint density at radius 2 is 2.14 bits per heavy atom. The molecule has 4 N–H and O–H groups in total. The van der Waals surface area contributed by atoms with Gasteiger partial charge in [-0.3, -0.25) is 24.5 Å². The normalized spacial score (nSPS) is 20.1. The summed E-state index contributed by atoms with van der Waals surface area (Å²) in [7, 11) is 1.71. The number of pyridine rings is 1. The van der Waals surface area contributed by atoms with Gasteiger partial charge < -0.3 is 16.4 Å². The zero-order valence-corrected chi connectivity index (χ0v) is 22.1. The fraction of sp³-hybridized carbons (Fsp3) is 0.423. The maximum atomic E-state index is 13.2. The van der Waals surface area contributed by atoms with Gasteiger partial charge in [-0.15, -0.1) is 11.3 Å². The van der Waals surface area contributed by atoms with Crippen molar-refractivity contribution < 1.29 is 9.59 Å². The summed E-state index contributed by atoms with van der Waals surface area (Å²) in [5, 5.41) is 10.2. The summed E-state index contributed by atoms with van der Waals surface area (Å²) in [6.45, 7) is 6.27. The Bertz CT molecular complexity index is 1400. The Morgan fingerprint density at radius 1 is 1.30 bits per heavy atom. The molecule has 5 rings (SSSR count). The SMILES string of the molecule is CN=C(C)/C(=C/N)c1cn2ncc(C(=O)Nc3cc(C(=O)NCCN4CC5CCC4C5)cnc3C)c2s1. The topological polar surface area (TPSA) is 130 Å². The Morgan fingerprint density at radius 3 is 2.84 bits per heavy atom. The number of carbonyl (C=O) groups excluding carboxylic acids is 2. The molecule has 11 heteroatoms. The lowest BCUT2D eigenvalue weighted by molar-refractivity contribution is 0.0943. The summed E-state index contributed by atoms with van der Waals surface area (Å²) in [6, 6.07) is 2.35. The van der Waals surface area contributed by atoms with Crippen molar-refractivity contribution in [2.45, 2.75) is 39.2 Å². The molecule has 2 atom stereocenters. The molecular weight excluding hydrogens is 488 g/mol. The van der Waals surface area contributed by atoms with Gasteiger partial charge in [-0.25, -0.2) is 4.52 Å². The molecule has 2 aliphatic rings. The van der Waals surface area contributed by atoms with Gasteiger partial charge in [0.15, 0.2) is 0 Å². The van der Waals surface area contributed by atoms with Crippen LogP contribution in [0.5, 0.6) is 0 Å². The number of amides is 2. The Balaban J connectivity index is 1.26. The molecule has 4 heterocycles. The van der Waals surface area contributed by atoms with E-state index in [0.717, 1.165) is 35.2 Å². The summed E-state index contributed by atoms with van der Waals surface area (Å²) in [6.07, 6.45) is 10.3. The average Bonchev–Trinajstić information content (AvgIpc) is 3.67. The van der Waals surface area contributed by atoms with Crippen LogP contribution >= 0.6 is 11.3 Å². The summed E-state index contributed by atoms with van der Waals surface area (Å²) in [4.78, 5) is 38.6. The zero-order chi connectivity index (χ0) is 26.1. The van der Waals surface area contributed by atoms with Crippen molar-refractivity contribution in [3.05, 3.63) is 52.6 Å². The average molecular weight is 521 g/mol. The van der Waals surface area contributed by atoms with Crippen LogP contribution in [0.4, 0.5) is 5.69 Å². The summed E-state index contributed by atoms with van der Waals surface area (Å²) in [5.41, 5.74) is 9.35. The number of carbonyl (C=O) groups is 2. The smallest absolute Gasteiger partial charge is 0.260 e. The first-order valence-corrected chi connectivity index (χ1v) is 13.3. The van der Waals surface area contributed by atoms with Gasteiger partial charge >= 0.3 is 0 Å². The van der Waals surface area contributed by atoms with Crippen molar-refractivity contribution in [3.8, 4) is 0 Å². The molecule has 194 valence electrons. The predicted octanol–water partition coefficient (Wildman–Crippen LogP) is 2.96. The number of hydrogen-bond acceptors (Lipinski definition) is 8. The number of fused-ring (bicyclic) bond motifs is 3. The molecule has 37 heavy (non-hydrogen) atoms. The summed E-state index contributed by atoms with van der Waals surface area (Å²) in [5.74, 6) is 0.311. The van der Waals surface area contributed by atoms with Gasteiger partial charge in [-0.2, -0.15) is 5.10 Å². The number of rotatable bonds is 8. The van der Waals surface area contributed by atoms with Gasteiger partial charge in [0.1, 0.15) is 4.83 Å². The second kappa shape index (κ2) is 10.4. The molecule has 1 aliphatic heterocycles. The number of aliphatic imine (C=N–C) groups is 1. The van der Waals surface area contributed by atoms with Crippen LogP contribution in [-0.2, 0) is 0 Å². The Hall–Kier alpha value is -3.57. The molecule has 1 saturated carbocycles. The molecule has 2 fully saturated rings. The number of piperidine rings is 1. The van der Waals surface area contributed by atoms with Crippen molar-refractivity contribution >= 4 is 45.0 Å². The highest BCUT2D eigenvalue weighted by molar-refractivity contribution is 7.19. The highest BCUT2D eigenvalue weighted by atomic mass is 32.1. The highest BCUT2D eigenvalue weighted by Gasteiger charge is 2.37. The van der Waals surface area contributed by atoms with E-state index in [1.54, 1.807) is 30.8 Å². The molecule has 2 amide bonds. The van der Waals surface area contributed by atoms with E-state index in [4.69, 9.17) is 5.73 Å². The monoisotopic (exact) mass is 520 g/mol. The van der Waals surface area contributed by atoms with Crippen molar-refractivity contribution in [3.63, 3.8) is 0 Å². The minimum atomic E-state index is -0.325. The van der Waals surface area contributed by atoms with E-state index < -0.39 is 0 Å². The van der Waals surface area contributed by atoms with Crippen LogP contribution in [0, 0.1) is 12.8 Å². The highest BCUT2D eigenvalue weighted by Crippen LogP contribution is 2.36. The largest absolute Gasteiger partial charge is 0.404 e. The van der Waals surface area contributed by atoms with Crippen molar-refractivity contribution in [2.24, 2.45) is 16.6 Å². The number of allylic oxidation sites excluding steroid dienone is 1. The Labute approximate surface area is 219 Å². The summed E-state index contributed by atoms with van der Waals surface area (Å²) >= 11 is 1.41. The number of nitrogens with two attached hydrogens (primary N) is 1. The first-order chi connectivity index (χ1) is 17.9. The molecular formula is C26H32N8O2S. The van der Waals surface area contributed by atoms with E-state index in [1.807, 2.05) is 13.1 Å². The molecule has 1 saturated heterocycles. The number of anilines is 1. The lowest BCUT2D eigenvalue weighted by Gasteiger charge is -2.26. The first-order valence-electron chi connectivity index (χ1n) is 12.5. The number of hydrogen-bond donors (Lipinski definition) is 3. The minimum absolute atomic E-state index is 0.197. The third-order valence-electron chi connectivity index (χ3n) is 7.40. The van der Waals surface area contributed by atoms with Crippen LogP contribution in [0.2, 0.25) is 0 Å². The number of nitrogens with one attached hydrogen (secondary N) is 2. The van der Waals surface area contributed by atoms with Crippen molar-refractivity contribution in [1.82, 2.24) is 24.8 Å². The molecule has 2 unspecified atom stereocenters. The van der Waals surface area contributed by atoms with Gasteiger partial charge in [0.25, 0.3) is 11.8 Å². The maximum Gasteiger partial charge on any atom is 0.260 e. The van der Waals surface area contributed by atoms with Gasteiger partial charge in [0.05, 0.1) is 33.6 Å². The second-order valence-electron chi connectivity index (χ2n) is 9.69. The lowest BCUT2D eigenvalue weighted by Crippen LogP contribution is -2.39. The van der Waals surface area contributed by atoms with E-state index in [-0.39, 0.29) is 11.8 Å². The third kappa shape index (κ3) is 5.01. The molecule has 2 bridgehead atoms. The quantitative estimate of drug-likeness (QED) is 0.392. The van der Waals surface area contributed by atoms with Crippen LogP contribution in [0.3, 0.4) is 0 Å². The van der Waals surface area contributed by atoms with Crippen LogP contribution in [-0.4, -0.2) is 69.7 Å². The fourth-order valence-corrected chi connectivity index (χ4v) is 6.39. The van der Waals surface area contributed by atoms with Crippen LogP contribution in [0.1, 0.15) is 57.5 Å². The first kappa shape index (κ1) is 25.1. The van der Waals surface area contributed by atoms with E-state index in [9.17, 15) is 9.59 Å². The van der Waals surface area contributed by atoms with Crippen LogP contribution in [0.25, 0.3) is 10.4 Å². The van der Waals surface area contributed by atoms with Gasteiger partial charge in [-0.1, -0.05) is 0 Å². The standard InChI is InChI=1S/C26H32N8O2S/c1-15(28-3)20(10-27)23-14-34-26(37-23)21(12-31-34)25(36)32-22-9-18(11-30-16(22)2)24(35)29-6-7-33-13-17-4-5-19(33)8-17/h9-12,14,17,19H,4-8,13,27H2,1-3H3,(H,29,35)(H,32,36)/b20-10-,28-15?. The van der Waals surface area contributed by atoms with Crippen molar-refractivity contribution in [1.29, 1.82) is 0 Å². The van der Waals surface area contributed by atoms with E-state index in [2.05, 4.69) is 30.6 Å². The molecule has 10 nitrogen and oxygen atoms in total. The van der Waals surface area contributed by atoms with Gasteiger partial charge in [-0.05, 0) is 45.1 Å². The second-order valence-corrected chi connectivity index (χ2v) is 10.7. The molecule has 0 spiro atoms. The van der Waals surface area contributed by atoms with E-state index in [1.165, 1.54) is 43.0 Å². The maximum absolute atomic E-state index is 13.2. The minimum Gasteiger partial charge on any atom is -0.404 e. The molecule has 3 aromatic heterocycles. The van der Waals surface area contributed by atoms with E-state index >= 15 is 0 Å². The van der Waals surface area contributed by atoms with Crippen LogP contribution < -0.4 is 16.4 Å². The number of aryl methyl sites for hydroxylation is 1. The lowest BCUT2D eigenvalue weighted by atomic mass is 10.1. The third-order valence-corrected chi connectivity index (χ3v) is 8.55. The van der Waals surface area contributed by atoms with Gasteiger partial charge in [0.2, 0.25) is 0 Å². The number of nitrogens with zero attached hydrogens (tertiary/aromatic N) is 5. The number of thiazole rings is 1. The molecule has 0 aromatic carbocycles. The predicted molar refractivity (Wildman–Crippen MR) is 146 cm³/mol. The summed E-state index contributed by atoms with van der Waals surface area (Å²) < 4.78 is 1.66. The zero-order valence-electron chi connectivity index (χ0n) is 21.3. The number of aromatic nitrogens is 3. The molecule has 3 aromatic rings. The molecule has 0 radical (unpaired) electrons. The van der Waals surface area contributed by atoms with Crippen molar-refractivity contribution in [2.75, 3.05) is 32.0 Å². The fourth-order valence-electron chi connectivity index (χ4n) is 5.26. The number of likely N-dealkylation sites (tertiary alicyclic amines) is 1.